The zero-order valence-corrected chi connectivity index (χ0v) is 12.2. The van der Waals surface area contributed by atoms with Crippen LogP contribution in [0.5, 0.6) is 11.5 Å². The third-order valence-electron chi connectivity index (χ3n) is 4.33. The van der Waals surface area contributed by atoms with Crippen LogP contribution in [-0.4, -0.2) is 32.8 Å². The van der Waals surface area contributed by atoms with Gasteiger partial charge in [0.1, 0.15) is 11.5 Å². The van der Waals surface area contributed by atoms with Gasteiger partial charge in [-0.25, -0.2) is 0 Å². The van der Waals surface area contributed by atoms with Gasteiger partial charge in [-0.3, -0.25) is 0 Å². The molecule has 1 aromatic rings. The van der Waals surface area contributed by atoms with Crippen molar-refractivity contribution in [2.45, 2.75) is 32.4 Å². The Morgan fingerprint density at radius 2 is 1.95 bits per heavy atom. The van der Waals surface area contributed by atoms with E-state index in [-0.39, 0.29) is 6.04 Å². The number of methoxy groups -OCH3 is 2. The molecule has 0 bridgehead atoms. The van der Waals surface area contributed by atoms with Crippen LogP contribution in [-0.2, 0) is 0 Å². The van der Waals surface area contributed by atoms with Crippen LogP contribution in [0.25, 0.3) is 0 Å². The highest BCUT2D eigenvalue weighted by Gasteiger charge is 2.31. The summed E-state index contributed by atoms with van der Waals surface area (Å²) in [5.74, 6) is 2.14. The van der Waals surface area contributed by atoms with Gasteiger partial charge in [-0.15, -0.1) is 0 Å². The van der Waals surface area contributed by atoms with Crippen molar-refractivity contribution in [1.29, 1.82) is 0 Å². The van der Waals surface area contributed by atoms with E-state index >= 15 is 0 Å². The Bertz CT molecular complexity index is 436. The first-order valence-corrected chi connectivity index (χ1v) is 6.82. The normalized spacial score (nSPS) is 27.2. The summed E-state index contributed by atoms with van der Waals surface area (Å²) in [4.78, 5) is 2.38. The van der Waals surface area contributed by atoms with E-state index in [0.717, 1.165) is 30.2 Å². The number of hydrogen-bond acceptors (Lipinski definition) is 4. The minimum Gasteiger partial charge on any atom is -0.497 e. The summed E-state index contributed by atoms with van der Waals surface area (Å²) in [7, 11) is 3.36. The number of hydrogen-bond donors (Lipinski definition) is 1. The van der Waals surface area contributed by atoms with Crippen molar-refractivity contribution in [3.8, 4) is 11.5 Å². The van der Waals surface area contributed by atoms with Crippen molar-refractivity contribution >= 4 is 5.69 Å². The van der Waals surface area contributed by atoms with E-state index in [9.17, 15) is 0 Å². The second-order valence-corrected chi connectivity index (χ2v) is 5.28. The molecule has 0 radical (unpaired) electrons. The molecule has 106 valence electrons. The van der Waals surface area contributed by atoms with Crippen LogP contribution < -0.4 is 20.1 Å². The molecule has 0 aliphatic carbocycles. The number of nitrogens with two attached hydrogens (primary N) is 1. The van der Waals surface area contributed by atoms with Crippen molar-refractivity contribution in [3.05, 3.63) is 18.2 Å². The molecular formula is C15H24N2O2. The first-order chi connectivity index (χ1) is 9.08. The molecule has 1 aromatic carbocycles. The summed E-state index contributed by atoms with van der Waals surface area (Å²) in [5.41, 5.74) is 7.27. The smallest absolute Gasteiger partial charge is 0.145 e. The summed E-state index contributed by atoms with van der Waals surface area (Å²) in [6.45, 7) is 5.42. The van der Waals surface area contributed by atoms with Crippen LogP contribution in [0.4, 0.5) is 5.69 Å². The maximum absolute atomic E-state index is 6.15. The molecule has 0 saturated carbocycles. The van der Waals surface area contributed by atoms with E-state index < -0.39 is 0 Å². The Hall–Kier alpha value is -1.42. The van der Waals surface area contributed by atoms with Gasteiger partial charge >= 0.3 is 0 Å². The van der Waals surface area contributed by atoms with E-state index in [1.807, 2.05) is 12.1 Å². The van der Waals surface area contributed by atoms with Gasteiger partial charge in [0.25, 0.3) is 0 Å². The van der Waals surface area contributed by atoms with E-state index in [1.165, 1.54) is 0 Å². The number of rotatable bonds is 3. The Morgan fingerprint density at radius 1 is 1.21 bits per heavy atom. The van der Waals surface area contributed by atoms with Crippen molar-refractivity contribution in [2.24, 2.45) is 11.7 Å². The lowest BCUT2D eigenvalue weighted by Gasteiger charge is -2.43. The number of ether oxygens (including phenoxy) is 2. The van der Waals surface area contributed by atoms with Gasteiger partial charge in [-0.1, -0.05) is 6.92 Å². The summed E-state index contributed by atoms with van der Waals surface area (Å²) < 4.78 is 10.7. The first-order valence-electron chi connectivity index (χ1n) is 6.82. The number of benzene rings is 1. The molecule has 4 heteroatoms. The Balaban J connectivity index is 2.30. The van der Waals surface area contributed by atoms with Gasteiger partial charge in [0.15, 0.2) is 0 Å². The van der Waals surface area contributed by atoms with Crippen molar-refractivity contribution in [1.82, 2.24) is 0 Å². The number of piperidine rings is 1. The molecule has 1 aliphatic heterocycles. The third-order valence-corrected chi connectivity index (χ3v) is 4.33. The lowest BCUT2D eigenvalue weighted by atomic mass is 9.87. The summed E-state index contributed by atoms with van der Waals surface area (Å²) in [6, 6.07) is 6.67. The van der Waals surface area contributed by atoms with E-state index in [4.69, 9.17) is 15.2 Å². The Kier molecular flexibility index (Phi) is 4.20. The Morgan fingerprint density at radius 3 is 2.58 bits per heavy atom. The van der Waals surface area contributed by atoms with Gasteiger partial charge < -0.3 is 20.1 Å². The lowest BCUT2D eigenvalue weighted by molar-refractivity contribution is 0.312. The second-order valence-electron chi connectivity index (χ2n) is 5.28. The molecule has 1 saturated heterocycles. The molecular weight excluding hydrogens is 240 g/mol. The van der Waals surface area contributed by atoms with Crippen molar-refractivity contribution in [3.63, 3.8) is 0 Å². The predicted octanol–water partition coefficient (Wildman–Crippen LogP) is 2.27. The van der Waals surface area contributed by atoms with E-state index in [0.29, 0.717) is 12.0 Å². The van der Waals surface area contributed by atoms with Crippen LogP contribution >= 0.6 is 0 Å². The second kappa shape index (κ2) is 5.70. The van der Waals surface area contributed by atoms with Crippen molar-refractivity contribution < 1.29 is 9.47 Å². The molecule has 1 aliphatic rings. The van der Waals surface area contributed by atoms with Crippen LogP contribution in [0, 0.1) is 5.92 Å². The summed E-state index contributed by atoms with van der Waals surface area (Å²) >= 11 is 0. The van der Waals surface area contributed by atoms with Gasteiger partial charge in [-0.2, -0.15) is 0 Å². The largest absolute Gasteiger partial charge is 0.497 e. The lowest BCUT2D eigenvalue weighted by Crippen LogP contribution is -2.51. The van der Waals surface area contributed by atoms with E-state index in [1.54, 1.807) is 14.2 Å². The van der Waals surface area contributed by atoms with Crippen LogP contribution in [0.2, 0.25) is 0 Å². The molecule has 2 rings (SSSR count). The SMILES string of the molecule is COc1ccc(N2CCC(N)C(C)C2C)c(OC)c1. The molecule has 3 unspecified atom stereocenters. The minimum absolute atomic E-state index is 0.287. The number of nitrogens with zero attached hydrogens (tertiary/aromatic N) is 1. The quantitative estimate of drug-likeness (QED) is 0.909. The molecule has 3 atom stereocenters. The van der Waals surface area contributed by atoms with Gasteiger partial charge in [0.05, 0.1) is 19.9 Å². The fourth-order valence-electron chi connectivity index (χ4n) is 2.76. The highest BCUT2D eigenvalue weighted by molar-refractivity contribution is 5.62. The zero-order chi connectivity index (χ0) is 14.0. The molecule has 0 amide bonds. The maximum Gasteiger partial charge on any atom is 0.145 e. The highest BCUT2D eigenvalue weighted by Crippen LogP contribution is 2.36. The molecule has 1 heterocycles. The van der Waals surface area contributed by atoms with Gasteiger partial charge in [-0.05, 0) is 31.4 Å². The zero-order valence-electron chi connectivity index (χ0n) is 12.2. The highest BCUT2D eigenvalue weighted by atomic mass is 16.5. The topological polar surface area (TPSA) is 47.7 Å². The minimum atomic E-state index is 0.287. The predicted molar refractivity (Wildman–Crippen MR) is 78.1 cm³/mol. The first kappa shape index (κ1) is 14.0. The molecule has 1 fully saturated rings. The molecule has 0 spiro atoms. The standard InChI is InChI=1S/C15H24N2O2/c1-10-11(2)17(8-7-13(10)16)14-6-5-12(18-3)9-15(14)19-4/h5-6,9-11,13H,7-8,16H2,1-4H3. The third kappa shape index (κ3) is 2.63. The fraction of sp³-hybridized carbons (Fsp3) is 0.600. The number of anilines is 1. The fourth-order valence-corrected chi connectivity index (χ4v) is 2.76. The molecule has 2 N–H and O–H groups in total. The van der Waals surface area contributed by atoms with Crippen molar-refractivity contribution in [2.75, 3.05) is 25.7 Å². The molecule has 4 nitrogen and oxygen atoms in total. The van der Waals surface area contributed by atoms with E-state index in [2.05, 4.69) is 24.8 Å². The summed E-state index contributed by atoms with van der Waals surface area (Å²) in [6.07, 6.45) is 1.01. The van der Waals surface area contributed by atoms with Crippen LogP contribution in [0.1, 0.15) is 20.3 Å². The maximum atomic E-state index is 6.15. The average Bonchev–Trinajstić information content (AvgIpc) is 2.44. The molecule has 19 heavy (non-hydrogen) atoms. The molecule has 0 aromatic heterocycles. The van der Waals surface area contributed by atoms with Gasteiger partial charge in [0, 0.05) is 24.7 Å². The van der Waals surface area contributed by atoms with Gasteiger partial charge in [0.2, 0.25) is 0 Å². The van der Waals surface area contributed by atoms with Crippen LogP contribution in [0.15, 0.2) is 18.2 Å². The Labute approximate surface area is 115 Å². The van der Waals surface area contributed by atoms with Crippen LogP contribution in [0.3, 0.4) is 0 Å². The average molecular weight is 264 g/mol. The summed E-state index contributed by atoms with van der Waals surface area (Å²) in [5, 5.41) is 0. The monoisotopic (exact) mass is 264 g/mol.